The van der Waals surface area contributed by atoms with E-state index in [0.29, 0.717) is 21.6 Å². The highest BCUT2D eigenvalue weighted by Gasteiger charge is 2.07. The highest BCUT2D eigenvalue weighted by Crippen LogP contribution is 2.23. The molecule has 0 bridgehead atoms. The fraction of sp³-hybridized carbons (Fsp3) is 0.200. The number of hydrogen-bond acceptors (Lipinski definition) is 6. The zero-order valence-corrected chi connectivity index (χ0v) is 10.6. The lowest BCUT2D eigenvalue weighted by molar-refractivity contribution is 0.596. The van der Waals surface area contributed by atoms with Crippen LogP contribution in [0, 0.1) is 6.92 Å². The Morgan fingerprint density at radius 1 is 1.33 bits per heavy atom. The summed E-state index contributed by atoms with van der Waals surface area (Å²) in [6, 6.07) is 3.46. The molecule has 18 heavy (non-hydrogen) atoms. The van der Waals surface area contributed by atoms with E-state index in [1.165, 1.54) is 16.4 Å². The molecule has 0 aromatic carbocycles. The molecule has 2 heterocycles. The maximum Gasteiger partial charge on any atom is 0.339 e. The van der Waals surface area contributed by atoms with Gasteiger partial charge >= 0.3 is 11.1 Å². The summed E-state index contributed by atoms with van der Waals surface area (Å²) in [4.78, 5) is 30.2. The first-order valence-corrected chi connectivity index (χ1v) is 5.87. The lowest BCUT2D eigenvalue weighted by Crippen LogP contribution is -2.33. The molecule has 0 amide bonds. The van der Waals surface area contributed by atoms with Crippen LogP contribution >= 0.6 is 11.8 Å². The maximum absolute atomic E-state index is 11.2. The molecule has 0 radical (unpaired) electrons. The third-order valence-corrected chi connectivity index (χ3v) is 3.23. The first-order valence-electron chi connectivity index (χ1n) is 5.05. The minimum Gasteiger partial charge on any atom is -0.397 e. The summed E-state index contributed by atoms with van der Waals surface area (Å²) >= 11 is 1.17. The average molecular weight is 265 g/mol. The number of rotatable bonds is 2. The molecule has 2 aromatic heterocycles. The first-order chi connectivity index (χ1) is 8.47. The Kier molecular flexibility index (Phi) is 3.19. The van der Waals surface area contributed by atoms with Crippen LogP contribution in [-0.2, 0) is 7.05 Å². The zero-order chi connectivity index (χ0) is 13.3. The molecule has 0 atom stereocenters. The van der Waals surface area contributed by atoms with Crippen molar-refractivity contribution in [1.29, 1.82) is 0 Å². The molecular formula is C10H11N5O2S. The summed E-state index contributed by atoms with van der Waals surface area (Å²) in [5.41, 5.74) is 5.40. The van der Waals surface area contributed by atoms with E-state index in [1.54, 1.807) is 26.1 Å². The second kappa shape index (κ2) is 4.65. The summed E-state index contributed by atoms with van der Waals surface area (Å²) in [5, 5.41) is 3.37. The Bertz CT molecular complexity index is 706. The van der Waals surface area contributed by atoms with Crippen LogP contribution in [-0.4, -0.2) is 19.7 Å². The van der Waals surface area contributed by atoms with E-state index < -0.39 is 11.1 Å². The molecule has 8 heteroatoms. The molecule has 0 aliphatic heterocycles. The van der Waals surface area contributed by atoms with E-state index in [-0.39, 0.29) is 0 Å². The lowest BCUT2D eigenvalue weighted by Gasteiger charge is -2.06. The second-order valence-corrected chi connectivity index (χ2v) is 4.61. The zero-order valence-electron chi connectivity index (χ0n) is 9.80. The van der Waals surface area contributed by atoms with Crippen molar-refractivity contribution in [2.45, 2.75) is 17.1 Å². The molecule has 0 unspecified atom stereocenters. The molecule has 0 aliphatic carbocycles. The monoisotopic (exact) mass is 265 g/mol. The van der Waals surface area contributed by atoms with Crippen molar-refractivity contribution in [2.75, 3.05) is 5.73 Å². The maximum atomic E-state index is 11.2. The SMILES string of the molecule is Cc1nc(Sc2nc(=O)c(=O)[nH]n2C)ccc1N. The van der Waals surface area contributed by atoms with E-state index >= 15 is 0 Å². The number of nitrogens with zero attached hydrogens (tertiary/aromatic N) is 3. The van der Waals surface area contributed by atoms with Gasteiger partial charge in [0.2, 0.25) is 0 Å². The number of nitrogens with one attached hydrogen (secondary N) is 1. The predicted molar refractivity (Wildman–Crippen MR) is 67.6 cm³/mol. The summed E-state index contributed by atoms with van der Waals surface area (Å²) in [6.07, 6.45) is 0. The Labute approximate surface area is 106 Å². The minimum absolute atomic E-state index is 0.358. The number of aromatic nitrogens is 4. The van der Waals surface area contributed by atoms with Gasteiger partial charge in [-0.05, 0) is 30.8 Å². The summed E-state index contributed by atoms with van der Waals surface area (Å²) in [6.45, 7) is 1.79. The second-order valence-electron chi connectivity index (χ2n) is 3.63. The summed E-state index contributed by atoms with van der Waals surface area (Å²) in [5.74, 6) is 0. The number of hydrogen-bond donors (Lipinski definition) is 2. The minimum atomic E-state index is -0.817. The van der Waals surface area contributed by atoms with Gasteiger partial charge in [-0.3, -0.25) is 19.4 Å². The van der Waals surface area contributed by atoms with Gasteiger partial charge in [0.15, 0.2) is 5.16 Å². The molecule has 2 rings (SSSR count). The lowest BCUT2D eigenvalue weighted by atomic mass is 10.3. The van der Waals surface area contributed by atoms with Gasteiger partial charge in [0.25, 0.3) is 0 Å². The molecule has 0 aliphatic rings. The van der Waals surface area contributed by atoms with Crippen molar-refractivity contribution in [3.05, 3.63) is 38.5 Å². The molecule has 3 N–H and O–H groups in total. The first kappa shape index (κ1) is 12.4. The van der Waals surface area contributed by atoms with Crippen LogP contribution in [0.15, 0.2) is 31.9 Å². The molecule has 0 saturated heterocycles. The van der Waals surface area contributed by atoms with E-state index in [1.807, 2.05) is 0 Å². The Morgan fingerprint density at radius 3 is 2.72 bits per heavy atom. The van der Waals surface area contributed by atoms with Crippen LogP contribution in [0.1, 0.15) is 5.69 Å². The third-order valence-electron chi connectivity index (χ3n) is 2.24. The largest absolute Gasteiger partial charge is 0.397 e. The van der Waals surface area contributed by atoms with E-state index in [0.717, 1.165) is 0 Å². The van der Waals surface area contributed by atoms with Crippen molar-refractivity contribution >= 4 is 17.4 Å². The van der Waals surface area contributed by atoms with Gasteiger partial charge < -0.3 is 5.73 Å². The van der Waals surface area contributed by atoms with E-state index in [4.69, 9.17) is 5.73 Å². The molecule has 94 valence electrons. The highest BCUT2D eigenvalue weighted by atomic mass is 32.2. The van der Waals surface area contributed by atoms with Crippen molar-refractivity contribution < 1.29 is 0 Å². The Morgan fingerprint density at radius 2 is 2.06 bits per heavy atom. The number of H-pyrrole nitrogens is 1. The van der Waals surface area contributed by atoms with Crippen LogP contribution in [0.4, 0.5) is 5.69 Å². The van der Waals surface area contributed by atoms with Gasteiger partial charge in [0.1, 0.15) is 5.03 Å². The molecule has 2 aromatic rings. The Balaban J connectivity index is 2.40. The number of nitrogen functional groups attached to an aromatic ring is 1. The van der Waals surface area contributed by atoms with Crippen LogP contribution < -0.4 is 16.9 Å². The van der Waals surface area contributed by atoms with Crippen LogP contribution in [0.2, 0.25) is 0 Å². The van der Waals surface area contributed by atoms with Crippen molar-refractivity contribution in [2.24, 2.45) is 7.05 Å². The normalized spacial score (nSPS) is 10.6. The molecule has 0 spiro atoms. The van der Waals surface area contributed by atoms with Crippen LogP contribution in [0.25, 0.3) is 0 Å². The number of aryl methyl sites for hydroxylation is 2. The van der Waals surface area contributed by atoms with Crippen molar-refractivity contribution in [3.8, 4) is 0 Å². The fourth-order valence-corrected chi connectivity index (χ4v) is 2.07. The van der Waals surface area contributed by atoms with Gasteiger partial charge in [-0.1, -0.05) is 0 Å². The van der Waals surface area contributed by atoms with Crippen molar-refractivity contribution in [3.63, 3.8) is 0 Å². The smallest absolute Gasteiger partial charge is 0.339 e. The molecule has 0 fully saturated rings. The number of nitrogens with two attached hydrogens (primary N) is 1. The highest BCUT2D eigenvalue weighted by molar-refractivity contribution is 7.99. The number of anilines is 1. The summed E-state index contributed by atoms with van der Waals surface area (Å²) in [7, 11) is 1.60. The van der Waals surface area contributed by atoms with Crippen LogP contribution in [0.3, 0.4) is 0 Å². The van der Waals surface area contributed by atoms with Gasteiger partial charge in [0, 0.05) is 7.05 Å². The predicted octanol–water partition coefficient (Wildman–Crippen LogP) is -0.0946. The molecule has 7 nitrogen and oxygen atoms in total. The van der Waals surface area contributed by atoms with E-state index in [9.17, 15) is 9.59 Å². The Hall–Kier alpha value is -2.09. The van der Waals surface area contributed by atoms with Gasteiger partial charge in [-0.25, -0.2) is 4.98 Å². The van der Waals surface area contributed by atoms with Gasteiger partial charge in [-0.15, -0.1) is 0 Å². The van der Waals surface area contributed by atoms with Gasteiger partial charge in [-0.2, -0.15) is 4.98 Å². The molecule has 0 saturated carbocycles. The number of pyridine rings is 1. The van der Waals surface area contributed by atoms with E-state index in [2.05, 4.69) is 15.1 Å². The van der Waals surface area contributed by atoms with Crippen molar-refractivity contribution in [1.82, 2.24) is 19.7 Å². The fourth-order valence-electron chi connectivity index (χ4n) is 1.25. The third kappa shape index (κ3) is 2.43. The topological polar surface area (TPSA) is 107 Å². The molecular weight excluding hydrogens is 254 g/mol. The summed E-state index contributed by atoms with van der Waals surface area (Å²) < 4.78 is 1.38. The van der Waals surface area contributed by atoms with Crippen LogP contribution in [0.5, 0.6) is 0 Å². The number of aromatic amines is 1. The average Bonchev–Trinajstić information content (AvgIpc) is 2.31. The quantitative estimate of drug-likeness (QED) is 0.735. The standard InChI is InChI=1S/C10H11N5O2S/c1-5-6(11)3-4-7(12-5)18-10-13-8(16)9(17)14-15(10)2/h3-4H,11H2,1-2H3,(H,14,17). The van der Waals surface area contributed by atoms with Gasteiger partial charge in [0.05, 0.1) is 11.4 Å².